The maximum atomic E-state index is 13.6. The zero-order chi connectivity index (χ0) is 39.2. The maximum Gasteiger partial charge on any atom is 0.415 e. The summed E-state index contributed by atoms with van der Waals surface area (Å²) in [6.45, 7) is -0.152. The number of carbonyl (C=O) groups excluding carboxylic acids is 2. The highest BCUT2D eigenvalue weighted by Crippen LogP contribution is 2.36. The van der Waals surface area contributed by atoms with E-state index in [1.807, 2.05) is 74.4 Å². The topological polar surface area (TPSA) is 96.5 Å². The van der Waals surface area contributed by atoms with Gasteiger partial charge in [0.25, 0.3) is 0 Å². The molecule has 0 aromatic heterocycles. The van der Waals surface area contributed by atoms with E-state index in [1.54, 1.807) is 24.3 Å². The summed E-state index contributed by atoms with van der Waals surface area (Å²) in [5, 5.41) is 1.00. The molecule has 0 N–H and O–H groups in total. The van der Waals surface area contributed by atoms with Crippen LogP contribution in [-0.2, 0) is 27.5 Å². The minimum Gasteiger partial charge on any atom is -0.422 e. The second kappa shape index (κ2) is 17.1. The number of ether oxygens (including phenoxy) is 2. The third-order valence-corrected chi connectivity index (χ3v) is 12.4. The van der Waals surface area contributed by atoms with Crippen LogP contribution in [0.1, 0.15) is 44.8 Å². The summed E-state index contributed by atoms with van der Waals surface area (Å²) in [5.41, 5.74) is 5.54. The van der Waals surface area contributed by atoms with Gasteiger partial charge in [-0.3, -0.25) is 9.69 Å². The quantitative estimate of drug-likeness (QED) is 0.0797. The molecule has 1 fully saturated rings. The van der Waals surface area contributed by atoms with Crippen molar-refractivity contribution >= 4 is 55.3 Å². The van der Waals surface area contributed by atoms with E-state index in [2.05, 4.69) is 28.1 Å². The highest BCUT2D eigenvalue weighted by molar-refractivity contribution is 9.10. The van der Waals surface area contributed by atoms with Gasteiger partial charge in [0, 0.05) is 51.5 Å². The Hall–Kier alpha value is -4.82. The summed E-state index contributed by atoms with van der Waals surface area (Å²) in [6.07, 6.45) is -4.18. The van der Waals surface area contributed by atoms with Crippen LogP contribution in [0.2, 0.25) is 0 Å². The van der Waals surface area contributed by atoms with Gasteiger partial charge in [0.15, 0.2) is 21.3 Å². The number of benzene rings is 4. The molecule has 4 aromatic carbocycles. The van der Waals surface area contributed by atoms with Crippen molar-refractivity contribution in [2.75, 3.05) is 44.5 Å². The number of likely N-dealkylation sites (tertiary alicyclic amines) is 1. The molecule has 286 valence electrons. The molecule has 1 aliphatic heterocycles. The molecule has 2 unspecified atom stereocenters. The third-order valence-electron chi connectivity index (χ3n) is 8.90. The zero-order valence-corrected chi connectivity index (χ0v) is 32.6. The molecule has 2 atom stereocenters. The molecule has 0 saturated carbocycles. The number of sulfone groups is 1. The predicted octanol–water partition coefficient (Wildman–Crippen LogP) is 8.56. The van der Waals surface area contributed by atoms with Gasteiger partial charge < -0.3 is 19.3 Å². The van der Waals surface area contributed by atoms with E-state index in [4.69, 9.17) is 9.47 Å². The van der Waals surface area contributed by atoms with Gasteiger partial charge in [-0.15, -0.1) is 0 Å². The van der Waals surface area contributed by atoms with E-state index < -0.39 is 38.3 Å². The molecule has 5 rings (SSSR count). The molecule has 9 nitrogen and oxygen atoms in total. The first-order valence-electron chi connectivity index (χ1n) is 17.1. The summed E-state index contributed by atoms with van der Waals surface area (Å²) in [5.74, 6) is -1.29. The van der Waals surface area contributed by atoms with Crippen LogP contribution < -0.4 is 19.3 Å². The molecule has 54 heavy (non-hydrogen) atoms. The molecule has 1 saturated heterocycles. The number of hydrogen-bond donors (Lipinski definition) is 0. The number of amides is 1. The van der Waals surface area contributed by atoms with Crippen LogP contribution in [0.15, 0.2) is 96.4 Å². The number of esters is 1. The van der Waals surface area contributed by atoms with Crippen LogP contribution in [0.4, 0.5) is 29.3 Å². The predicted molar refractivity (Wildman–Crippen MR) is 208 cm³/mol. The van der Waals surface area contributed by atoms with E-state index in [0.29, 0.717) is 22.4 Å². The average Bonchev–Trinajstić information content (AvgIpc) is 3.64. The summed E-state index contributed by atoms with van der Waals surface area (Å²) >= 11 is 3.32. The lowest BCUT2D eigenvalue weighted by Crippen LogP contribution is -2.45. The van der Waals surface area contributed by atoms with Crippen molar-refractivity contribution in [3.05, 3.63) is 124 Å². The van der Waals surface area contributed by atoms with E-state index >= 15 is 0 Å². The second-order valence-electron chi connectivity index (χ2n) is 13.4. The Bertz CT molecular complexity index is 2070. The Morgan fingerprint density at radius 1 is 0.833 bits per heavy atom. The van der Waals surface area contributed by atoms with E-state index in [1.165, 1.54) is 24.3 Å². The second-order valence-corrected chi connectivity index (χ2v) is 16.8. The lowest BCUT2D eigenvalue weighted by molar-refractivity contribution is -0.170. The van der Waals surface area contributed by atoms with Crippen LogP contribution in [0.5, 0.6) is 11.5 Å². The first-order chi connectivity index (χ1) is 25.5. The number of halogens is 4. The first kappa shape index (κ1) is 40.4. The Labute approximate surface area is 322 Å². The van der Waals surface area contributed by atoms with Crippen molar-refractivity contribution in [1.82, 2.24) is 4.90 Å². The summed E-state index contributed by atoms with van der Waals surface area (Å²) < 4.78 is 77.4. The number of carbonyl (C=O) groups is 2. The van der Waals surface area contributed by atoms with Gasteiger partial charge in [-0.05, 0) is 89.6 Å². The van der Waals surface area contributed by atoms with Gasteiger partial charge >= 0.3 is 18.2 Å². The Morgan fingerprint density at radius 3 is 1.94 bits per heavy atom. The maximum absolute atomic E-state index is 13.6. The molecular formula is C40H41BrF3N3O6S. The van der Waals surface area contributed by atoms with Gasteiger partial charge in [0.1, 0.15) is 10.2 Å². The lowest BCUT2D eigenvalue weighted by atomic mass is 10.0. The van der Waals surface area contributed by atoms with E-state index in [9.17, 15) is 31.2 Å². The zero-order valence-electron chi connectivity index (χ0n) is 30.2. The summed E-state index contributed by atoms with van der Waals surface area (Å²) in [4.78, 5) is 30.5. The smallest absolute Gasteiger partial charge is 0.415 e. The van der Waals surface area contributed by atoms with Crippen LogP contribution in [-0.4, -0.2) is 72.3 Å². The normalized spacial score (nSPS) is 15.3. The molecule has 0 aliphatic carbocycles. The van der Waals surface area contributed by atoms with E-state index in [0.717, 1.165) is 27.9 Å². The number of hydrogen-bond acceptors (Lipinski definition) is 8. The molecule has 1 amide bonds. The third kappa shape index (κ3) is 10.4. The molecule has 0 radical (unpaired) electrons. The summed E-state index contributed by atoms with van der Waals surface area (Å²) in [7, 11) is 3.78. The van der Waals surface area contributed by atoms with Crippen LogP contribution >= 0.6 is 15.9 Å². The monoisotopic (exact) mass is 827 g/mol. The number of alkyl halides is 4. The van der Waals surface area contributed by atoms with Crippen molar-refractivity contribution in [2.24, 2.45) is 0 Å². The molecule has 0 bridgehead atoms. The average molecular weight is 829 g/mol. The van der Waals surface area contributed by atoms with Crippen molar-refractivity contribution in [3.8, 4) is 11.5 Å². The SMILES string of the molecule is CN(C)c1ccc(CC(=O)Oc2cc(/C=C/S(=O)(=O)C(Br)c3ccc(Cc4ccc(N(C)C)cc4)cc3)ccc2OC(=O)N2CCCC2C(F)(F)F)cc1. The van der Waals surface area contributed by atoms with Crippen molar-refractivity contribution in [1.29, 1.82) is 0 Å². The van der Waals surface area contributed by atoms with Gasteiger partial charge in [-0.1, -0.05) is 70.5 Å². The fourth-order valence-electron chi connectivity index (χ4n) is 5.87. The van der Waals surface area contributed by atoms with Gasteiger partial charge in [0.2, 0.25) is 0 Å². The highest BCUT2D eigenvalue weighted by Gasteiger charge is 2.48. The molecular weight excluding hydrogens is 787 g/mol. The molecule has 0 spiro atoms. The van der Waals surface area contributed by atoms with E-state index in [-0.39, 0.29) is 42.9 Å². The Kier molecular flexibility index (Phi) is 12.8. The van der Waals surface area contributed by atoms with Crippen LogP contribution in [0, 0.1) is 0 Å². The molecule has 1 heterocycles. The van der Waals surface area contributed by atoms with Gasteiger partial charge in [-0.2, -0.15) is 13.2 Å². The lowest BCUT2D eigenvalue weighted by Gasteiger charge is -2.26. The van der Waals surface area contributed by atoms with Crippen molar-refractivity contribution in [3.63, 3.8) is 0 Å². The van der Waals surface area contributed by atoms with Crippen molar-refractivity contribution < 1.29 is 40.7 Å². The Balaban J connectivity index is 1.33. The number of anilines is 2. The molecule has 14 heteroatoms. The Morgan fingerprint density at radius 2 is 1.39 bits per heavy atom. The van der Waals surface area contributed by atoms with Crippen LogP contribution in [0.25, 0.3) is 6.08 Å². The fourth-order valence-corrected chi connectivity index (χ4v) is 7.57. The highest BCUT2D eigenvalue weighted by atomic mass is 79.9. The summed E-state index contributed by atoms with van der Waals surface area (Å²) in [6, 6.07) is 24.5. The minimum atomic E-state index is -4.64. The standard InChI is InChI=1S/C40H41BrF3N3O6S/c1-45(2)32-16-9-28(10-17-32)24-27-7-14-31(15-8-27)38(41)54(50,51)23-21-30-13-20-34(53-39(49)47-22-5-6-36(47)40(42,43)44)35(25-30)52-37(48)26-29-11-18-33(19-12-29)46(3)4/h7-21,23,25,36,38H,5-6,22,24,26H2,1-4H3/b23-21+. The minimum absolute atomic E-state index is 0.149. The van der Waals surface area contributed by atoms with Gasteiger partial charge in [0.05, 0.1) is 6.42 Å². The number of rotatable bonds is 12. The fraction of sp³-hybridized carbons (Fsp3) is 0.300. The molecule has 1 aliphatic rings. The largest absolute Gasteiger partial charge is 0.422 e. The van der Waals surface area contributed by atoms with Gasteiger partial charge in [-0.25, -0.2) is 13.2 Å². The van der Waals surface area contributed by atoms with Crippen molar-refractivity contribution in [2.45, 2.75) is 42.1 Å². The first-order valence-corrected chi connectivity index (χ1v) is 19.6. The van der Waals surface area contributed by atoms with Crippen LogP contribution in [0.3, 0.4) is 0 Å². The molecule has 4 aromatic rings. The number of nitrogens with zero attached hydrogens (tertiary/aromatic N) is 3.